The van der Waals surface area contributed by atoms with Crippen molar-refractivity contribution in [1.82, 2.24) is 9.97 Å². The number of H-pyrrole nitrogens is 1. The monoisotopic (exact) mass is 395 g/mol. The molecule has 1 aliphatic carbocycles. The van der Waals surface area contributed by atoms with Crippen LogP contribution >= 0.6 is 0 Å². The summed E-state index contributed by atoms with van der Waals surface area (Å²) in [7, 11) is 0. The molecular weight excluding hydrogens is 374 g/mol. The van der Waals surface area contributed by atoms with Crippen LogP contribution in [0.3, 0.4) is 0 Å². The quantitative estimate of drug-likeness (QED) is 0.318. The lowest BCUT2D eigenvalue weighted by atomic mass is 9.90. The molecule has 0 bridgehead atoms. The van der Waals surface area contributed by atoms with Crippen molar-refractivity contribution in [2.24, 2.45) is 5.16 Å². The Hall–Kier alpha value is -3.73. The Kier molecular flexibility index (Phi) is 4.43. The normalized spacial score (nSPS) is 14.2. The molecule has 0 radical (unpaired) electrons. The topological polar surface area (TPSA) is 78.3 Å². The van der Waals surface area contributed by atoms with E-state index in [1.54, 1.807) is 18.2 Å². The first-order chi connectivity index (χ1) is 14.7. The molecule has 1 aliphatic rings. The van der Waals surface area contributed by atoms with Crippen LogP contribution in [0.25, 0.3) is 22.2 Å². The summed E-state index contributed by atoms with van der Waals surface area (Å²) in [5.74, 6) is 0.488. The number of imidazole rings is 1. The summed E-state index contributed by atoms with van der Waals surface area (Å²) < 4.78 is 0. The van der Waals surface area contributed by atoms with Gasteiger partial charge >= 0.3 is 0 Å². The van der Waals surface area contributed by atoms with E-state index in [1.165, 1.54) is 10.9 Å². The Morgan fingerprint density at radius 3 is 2.40 bits per heavy atom. The van der Waals surface area contributed by atoms with Gasteiger partial charge in [0.2, 0.25) is 5.78 Å². The first-order valence-corrected chi connectivity index (χ1v) is 10.2. The van der Waals surface area contributed by atoms with Crippen molar-refractivity contribution in [1.29, 1.82) is 0 Å². The number of aryl methyl sites for hydroxylation is 1. The smallest absolute Gasteiger partial charge is 0.212 e. The zero-order valence-electron chi connectivity index (χ0n) is 16.6. The molecule has 0 fully saturated rings. The van der Waals surface area contributed by atoms with Crippen molar-refractivity contribution in [3.05, 3.63) is 88.7 Å². The minimum Gasteiger partial charge on any atom is -0.410 e. The molecular formula is C25H21N3O2. The van der Waals surface area contributed by atoms with E-state index in [0.29, 0.717) is 34.1 Å². The van der Waals surface area contributed by atoms with E-state index in [-0.39, 0.29) is 5.78 Å². The fourth-order valence-electron chi connectivity index (χ4n) is 4.17. The zero-order chi connectivity index (χ0) is 20.7. The van der Waals surface area contributed by atoms with Crippen LogP contribution in [0.1, 0.15) is 52.6 Å². The van der Waals surface area contributed by atoms with E-state index >= 15 is 0 Å². The number of ketones is 1. The summed E-state index contributed by atoms with van der Waals surface area (Å²) in [5, 5.41) is 15.5. The van der Waals surface area contributed by atoms with Gasteiger partial charge in [0.1, 0.15) is 22.9 Å². The van der Waals surface area contributed by atoms with E-state index in [0.717, 1.165) is 30.2 Å². The summed E-state index contributed by atoms with van der Waals surface area (Å²) in [6.45, 7) is 2.17. The number of unbranched alkanes of at least 4 members (excludes halogenated alkanes) is 1. The number of fused-ring (bicyclic) bond motifs is 3. The molecule has 5 rings (SSSR count). The maximum atomic E-state index is 13.1. The molecule has 5 nitrogen and oxygen atoms in total. The molecule has 4 aromatic rings. The van der Waals surface area contributed by atoms with Crippen molar-refractivity contribution < 1.29 is 10.0 Å². The number of aromatic amines is 1. The summed E-state index contributed by atoms with van der Waals surface area (Å²) in [6.07, 6.45) is 3.09. The molecule has 3 aromatic carbocycles. The molecule has 0 atom stereocenters. The molecule has 0 amide bonds. The highest BCUT2D eigenvalue weighted by Gasteiger charge is 2.32. The number of benzene rings is 3. The van der Waals surface area contributed by atoms with Crippen molar-refractivity contribution in [3.63, 3.8) is 0 Å². The van der Waals surface area contributed by atoms with E-state index in [1.807, 2.05) is 18.2 Å². The van der Waals surface area contributed by atoms with Gasteiger partial charge in [-0.2, -0.15) is 0 Å². The third-order valence-corrected chi connectivity index (χ3v) is 5.71. The number of hydrogen-bond acceptors (Lipinski definition) is 4. The Labute approximate surface area is 174 Å². The summed E-state index contributed by atoms with van der Waals surface area (Å²) in [6, 6.07) is 19.7. The number of hydrogen-bond donors (Lipinski definition) is 2. The average Bonchev–Trinajstić information content (AvgIpc) is 3.23. The largest absolute Gasteiger partial charge is 0.410 e. The third kappa shape index (κ3) is 2.82. The fourth-order valence-corrected chi connectivity index (χ4v) is 4.17. The molecule has 1 heterocycles. The fraction of sp³-hybridized carbons (Fsp3) is 0.160. The van der Waals surface area contributed by atoms with Gasteiger partial charge in [-0.25, -0.2) is 4.98 Å². The zero-order valence-corrected chi connectivity index (χ0v) is 16.6. The minimum atomic E-state index is -0.136. The first kappa shape index (κ1) is 18.3. The highest BCUT2D eigenvalue weighted by molar-refractivity contribution is 6.28. The van der Waals surface area contributed by atoms with Gasteiger partial charge in [0.25, 0.3) is 0 Å². The van der Waals surface area contributed by atoms with Gasteiger partial charge in [-0.1, -0.05) is 73.1 Å². The van der Waals surface area contributed by atoms with Crippen LogP contribution in [-0.4, -0.2) is 26.7 Å². The number of nitrogens with zero attached hydrogens (tertiary/aromatic N) is 2. The van der Waals surface area contributed by atoms with Crippen LogP contribution in [0.4, 0.5) is 0 Å². The van der Waals surface area contributed by atoms with Gasteiger partial charge in [0.05, 0.1) is 0 Å². The van der Waals surface area contributed by atoms with Crippen molar-refractivity contribution in [2.45, 2.75) is 26.2 Å². The second-order valence-corrected chi connectivity index (χ2v) is 7.59. The summed E-state index contributed by atoms with van der Waals surface area (Å²) >= 11 is 0. The van der Waals surface area contributed by atoms with Crippen molar-refractivity contribution in [3.8, 4) is 11.4 Å². The molecule has 0 spiro atoms. The number of oxime groups is 1. The molecule has 0 aliphatic heterocycles. The molecule has 0 saturated heterocycles. The maximum Gasteiger partial charge on any atom is 0.212 e. The number of aromatic nitrogens is 2. The van der Waals surface area contributed by atoms with Gasteiger partial charge < -0.3 is 10.2 Å². The van der Waals surface area contributed by atoms with Crippen molar-refractivity contribution in [2.75, 3.05) is 0 Å². The Balaban J connectivity index is 1.71. The lowest BCUT2D eigenvalue weighted by molar-refractivity contribution is 0.103. The van der Waals surface area contributed by atoms with Gasteiger partial charge in [0, 0.05) is 16.7 Å². The van der Waals surface area contributed by atoms with Crippen LogP contribution in [0.2, 0.25) is 0 Å². The lowest BCUT2D eigenvalue weighted by Gasteiger charge is -2.14. The highest BCUT2D eigenvalue weighted by Crippen LogP contribution is 2.32. The van der Waals surface area contributed by atoms with E-state index in [4.69, 9.17) is 4.98 Å². The van der Waals surface area contributed by atoms with Gasteiger partial charge in [-0.3, -0.25) is 4.79 Å². The maximum absolute atomic E-state index is 13.1. The number of rotatable bonds is 4. The molecule has 0 saturated carbocycles. The molecule has 30 heavy (non-hydrogen) atoms. The number of nitrogens with one attached hydrogen (secondary N) is 1. The number of carbonyl (C=O) groups is 1. The lowest BCUT2D eigenvalue weighted by Crippen LogP contribution is -2.21. The molecule has 148 valence electrons. The third-order valence-electron chi connectivity index (χ3n) is 5.71. The van der Waals surface area contributed by atoms with Gasteiger partial charge in [0.15, 0.2) is 0 Å². The molecule has 2 N–H and O–H groups in total. The second kappa shape index (κ2) is 7.26. The number of carbonyl (C=O) groups excluding carboxylic acids is 1. The van der Waals surface area contributed by atoms with Crippen LogP contribution < -0.4 is 0 Å². The van der Waals surface area contributed by atoms with Crippen molar-refractivity contribution >= 4 is 22.3 Å². The SMILES string of the molecule is CCCCc1cc2ccccc2cc1-c1nc2c([nH]1)C(=O)c1ccccc1/C2=N\O. The van der Waals surface area contributed by atoms with Crippen LogP contribution in [-0.2, 0) is 6.42 Å². The summed E-state index contributed by atoms with van der Waals surface area (Å²) in [4.78, 5) is 21.0. The van der Waals surface area contributed by atoms with E-state index < -0.39 is 0 Å². The minimum absolute atomic E-state index is 0.136. The van der Waals surface area contributed by atoms with E-state index in [2.05, 4.69) is 41.3 Å². The average molecular weight is 395 g/mol. The van der Waals surface area contributed by atoms with E-state index in [9.17, 15) is 10.0 Å². The standard InChI is InChI=1S/C25H21N3O2/c1-2-3-8-17-13-15-9-4-5-10-16(15)14-20(17)25-26-22-21(28-30)18-11-6-7-12-19(18)24(29)23(22)27-25/h4-7,9-14,30H,2-3,8H2,1H3,(H,26,27)/b28-21+. The van der Waals surface area contributed by atoms with Crippen LogP contribution in [0, 0.1) is 0 Å². The first-order valence-electron chi connectivity index (χ1n) is 10.2. The van der Waals surface area contributed by atoms with Crippen LogP contribution in [0.15, 0.2) is 65.8 Å². The van der Waals surface area contributed by atoms with Gasteiger partial charge in [-0.15, -0.1) is 0 Å². The predicted octanol–water partition coefficient (Wildman–Crippen LogP) is 5.34. The van der Waals surface area contributed by atoms with Crippen LogP contribution in [0.5, 0.6) is 0 Å². The van der Waals surface area contributed by atoms with Gasteiger partial charge in [-0.05, 0) is 35.2 Å². The molecule has 0 unspecified atom stereocenters. The Bertz CT molecular complexity index is 1320. The predicted molar refractivity (Wildman–Crippen MR) is 117 cm³/mol. The second-order valence-electron chi connectivity index (χ2n) is 7.59. The molecule has 1 aromatic heterocycles. The Morgan fingerprint density at radius 2 is 1.67 bits per heavy atom. The molecule has 5 heteroatoms. The Morgan fingerprint density at radius 1 is 0.967 bits per heavy atom. The summed E-state index contributed by atoms with van der Waals surface area (Å²) in [5.41, 5.74) is 4.35. The highest BCUT2D eigenvalue weighted by atomic mass is 16.4.